The molecule has 0 saturated heterocycles. The van der Waals surface area contributed by atoms with Gasteiger partial charge in [-0.3, -0.25) is 16.3 Å². The van der Waals surface area contributed by atoms with Gasteiger partial charge in [0.15, 0.2) is 0 Å². The van der Waals surface area contributed by atoms with Crippen LogP contribution < -0.4 is 11.3 Å². The summed E-state index contributed by atoms with van der Waals surface area (Å²) in [7, 11) is 0. The summed E-state index contributed by atoms with van der Waals surface area (Å²) in [6.45, 7) is 4.39. The predicted octanol–water partition coefficient (Wildman–Crippen LogP) is 2.88. The maximum Gasteiger partial charge on any atom is 0.0750 e. The van der Waals surface area contributed by atoms with Crippen molar-refractivity contribution in [2.45, 2.75) is 25.1 Å². The van der Waals surface area contributed by atoms with Crippen LogP contribution in [0.2, 0.25) is 0 Å². The van der Waals surface area contributed by atoms with Gasteiger partial charge in [0.2, 0.25) is 0 Å². The highest BCUT2D eigenvalue weighted by Gasteiger charge is 2.14. The van der Waals surface area contributed by atoms with E-state index in [-0.39, 0.29) is 6.04 Å². The number of nitrogens with two attached hydrogens (primary N) is 1. The first-order valence-corrected chi connectivity index (χ1v) is 7.18. The molecular weight excluding hydrogens is 242 g/mol. The van der Waals surface area contributed by atoms with Gasteiger partial charge in [0.1, 0.15) is 0 Å². The number of hydrazine groups is 1. The highest BCUT2D eigenvalue weighted by Crippen LogP contribution is 2.25. The Morgan fingerprint density at radius 2 is 2.06 bits per heavy atom. The van der Waals surface area contributed by atoms with Crippen molar-refractivity contribution in [3.8, 4) is 0 Å². The molecule has 4 heteroatoms. The van der Waals surface area contributed by atoms with E-state index in [0.717, 1.165) is 16.7 Å². The molecule has 0 radical (unpaired) electrons. The lowest BCUT2D eigenvalue weighted by molar-refractivity contribution is 0.613. The Labute approximate surface area is 112 Å². The Morgan fingerprint density at radius 3 is 2.78 bits per heavy atom. The summed E-state index contributed by atoms with van der Waals surface area (Å²) in [5.41, 5.74) is 5.11. The molecule has 1 unspecified atom stereocenters. The van der Waals surface area contributed by atoms with Gasteiger partial charge < -0.3 is 0 Å². The van der Waals surface area contributed by atoms with E-state index < -0.39 is 0 Å². The van der Waals surface area contributed by atoms with Crippen LogP contribution in [0.3, 0.4) is 0 Å². The Kier molecular flexibility index (Phi) is 4.58. The predicted molar refractivity (Wildman–Crippen MR) is 79.4 cm³/mol. The fraction of sp³-hybridized carbons (Fsp3) is 0.357. The van der Waals surface area contributed by atoms with Gasteiger partial charge in [-0.15, -0.1) is 0 Å². The zero-order valence-corrected chi connectivity index (χ0v) is 11.6. The SMILES string of the molecule is CC(C)SCC(NN)c1cccc2cccnc12. The topological polar surface area (TPSA) is 50.9 Å². The van der Waals surface area contributed by atoms with Gasteiger partial charge in [-0.05, 0) is 16.9 Å². The highest BCUT2D eigenvalue weighted by atomic mass is 32.2. The van der Waals surface area contributed by atoms with E-state index in [4.69, 9.17) is 5.84 Å². The van der Waals surface area contributed by atoms with Gasteiger partial charge in [-0.2, -0.15) is 11.8 Å². The van der Waals surface area contributed by atoms with Gasteiger partial charge in [0.05, 0.1) is 11.6 Å². The van der Waals surface area contributed by atoms with Gasteiger partial charge in [0.25, 0.3) is 0 Å². The van der Waals surface area contributed by atoms with Crippen molar-refractivity contribution in [2.24, 2.45) is 5.84 Å². The second-order valence-electron chi connectivity index (χ2n) is 4.52. The average Bonchev–Trinajstić information content (AvgIpc) is 2.39. The third-order valence-electron chi connectivity index (χ3n) is 2.84. The maximum absolute atomic E-state index is 5.69. The van der Waals surface area contributed by atoms with E-state index >= 15 is 0 Å². The Morgan fingerprint density at radius 1 is 1.28 bits per heavy atom. The lowest BCUT2D eigenvalue weighted by Gasteiger charge is -2.18. The number of hydrogen-bond acceptors (Lipinski definition) is 4. The largest absolute Gasteiger partial charge is 0.271 e. The van der Waals surface area contributed by atoms with Gasteiger partial charge >= 0.3 is 0 Å². The summed E-state index contributed by atoms with van der Waals surface area (Å²) in [6, 6.07) is 10.4. The summed E-state index contributed by atoms with van der Waals surface area (Å²) in [4.78, 5) is 4.47. The molecule has 1 atom stereocenters. The third kappa shape index (κ3) is 3.02. The molecule has 18 heavy (non-hydrogen) atoms. The second kappa shape index (κ2) is 6.18. The minimum atomic E-state index is 0.135. The Balaban J connectivity index is 2.32. The molecule has 0 amide bonds. The molecule has 0 spiro atoms. The zero-order valence-electron chi connectivity index (χ0n) is 10.8. The first kappa shape index (κ1) is 13.3. The van der Waals surface area contributed by atoms with E-state index in [0.29, 0.717) is 5.25 Å². The summed E-state index contributed by atoms with van der Waals surface area (Å²) >= 11 is 1.90. The fourth-order valence-electron chi connectivity index (χ4n) is 1.93. The van der Waals surface area contributed by atoms with Crippen LogP contribution >= 0.6 is 11.8 Å². The molecule has 0 saturated carbocycles. The number of fused-ring (bicyclic) bond motifs is 1. The Hall–Kier alpha value is -1.10. The van der Waals surface area contributed by atoms with Crippen LogP contribution in [-0.4, -0.2) is 16.0 Å². The number of benzene rings is 1. The molecule has 0 fully saturated rings. The number of hydrogen-bond donors (Lipinski definition) is 2. The van der Waals surface area contributed by atoms with Crippen LogP contribution in [0.1, 0.15) is 25.5 Å². The smallest absolute Gasteiger partial charge is 0.0750 e. The van der Waals surface area contributed by atoms with Gasteiger partial charge in [0, 0.05) is 17.3 Å². The summed E-state index contributed by atoms with van der Waals surface area (Å²) in [5.74, 6) is 6.64. The molecule has 3 nitrogen and oxygen atoms in total. The molecule has 0 aliphatic carbocycles. The normalized spacial score (nSPS) is 13.1. The molecule has 96 valence electrons. The molecule has 0 aliphatic rings. The maximum atomic E-state index is 5.69. The third-order valence-corrected chi connectivity index (χ3v) is 4.03. The molecule has 3 N–H and O–H groups in total. The number of pyridine rings is 1. The molecule has 0 bridgehead atoms. The van der Waals surface area contributed by atoms with Crippen molar-refractivity contribution >= 4 is 22.7 Å². The van der Waals surface area contributed by atoms with Gasteiger partial charge in [-0.25, -0.2) is 0 Å². The van der Waals surface area contributed by atoms with Crippen molar-refractivity contribution in [3.63, 3.8) is 0 Å². The molecule has 1 aromatic heterocycles. The minimum absolute atomic E-state index is 0.135. The van der Waals surface area contributed by atoms with E-state index in [1.165, 1.54) is 5.56 Å². The van der Waals surface area contributed by atoms with Crippen molar-refractivity contribution in [1.82, 2.24) is 10.4 Å². The molecule has 1 heterocycles. The molecule has 1 aromatic carbocycles. The standard InChI is InChI=1S/C14H19N3S/c1-10(2)18-9-13(17-15)12-7-3-5-11-6-4-8-16-14(11)12/h3-8,10,13,17H,9,15H2,1-2H3. The molecular formula is C14H19N3S. The number of para-hydroxylation sites is 1. The van der Waals surface area contributed by atoms with Crippen molar-refractivity contribution in [3.05, 3.63) is 42.1 Å². The summed E-state index contributed by atoms with van der Waals surface area (Å²) < 4.78 is 0. The number of rotatable bonds is 5. The number of nitrogens with one attached hydrogen (secondary N) is 1. The van der Waals surface area contributed by atoms with Crippen molar-refractivity contribution in [1.29, 1.82) is 0 Å². The van der Waals surface area contributed by atoms with Crippen LogP contribution in [-0.2, 0) is 0 Å². The first-order valence-electron chi connectivity index (χ1n) is 6.13. The van der Waals surface area contributed by atoms with E-state index in [1.807, 2.05) is 24.0 Å². The van der Waals surface area contributed by atoms with Crippen LogP contribution in [0.5, 0.6) is 0 Å². The first-order chi connectivity index (χ1) is 8.72. The van der Waals surface area contributed by atoms with Crippen LogP contribution in [0, 0.1) is 0 Å². The second-order valence-corrected chi connectivity index (χ2v) is 6.13. The summed E-state index contributed by atoms with van der Waals surface area (Å²) in [6.07, 6.45) is 1.83. The lowest BCUT2D eigenvalue weighted by Crippen LogP contribution is -2.30. The summed E-state index contributed by atoms with van der Waals surface area (Å²) in [5, 5.41) is 1.76. The van der Waals surface area contributed by atoms with E-state index in [9.17, 15) is 0 Å². The van der Waals surface area contributed by atoms with Crippen molar-refractivity contribution in [2.75, 3.05) is 5.75 Å². The van der Waals surface area contributed by atoms with E-state index in [2.05, 4.69) is 48.5 Å². The number of aromatic nitrogens is 1. The van der Waals surface area contributed by atoms with Crippen LogP contribution in [0.15, 0.2) is 36.5 Å². The zero-order chi connectivity index (χ0) is 13.0. The van der Waals surface area contributed by atoms with Crippen molar-refractivity contribution < 1.29 is 0 Å². The minimum Gasteiger partial charge on any atom is -0.271 e. The average molecular weight is 261 g/mol. The van der Waals surface area contributed by atoms with Crippen LogP contribution in [0.4, 0.5) is 0 Å². The van der Waals surface area contributed by atoms with E-state index in [1.54, 1.807) is 0 Å². The lowest BCUT2D eigenvalue weighted by atomic mass is 10.0. The Bertz CT molecular complexity index is 508. The number of thioether (sulfide) groups is 1. The quantitative estimate of drug-likeness (QED) is 0.642. The fourth-order valence-corrected chi connectivity index (χ4v) is 2.78. The number of nitrogens with zero attached hydrogens (tertiary/aromatic N) is 1. The molecule has 0 aliphatic heterocycles. The monoisotopic (exact) mass is 261 g/mol. The van der Waals surface area contributed by atoms with Crippen LogP contribution in [0.25, 0.3) is 10.9 Å². The highest BCUT2D eigenvalue weighted by molar-refractivity contribution is 7.99. The molecule has 2 rings (SSSR count). The molecule has 2 aromatic rings. The van der Waals surface area contributed by atoms with Gasteiger partial charge in [-0.1, -0.05) is 38.1 Å².